The van der Waals surface area contributed by atoms with Gasteiger partial charge in [-0.15, -0.1) is 0 Å². The quantitative estimate of drug-likeness (QED) is 0.691. The fourth-order valence-corrected chi connectivity index (χ4v) is 2.16. The molecule has 0 bridgehead atoms. The van der Waals surface area contributed by atoms with Crippen molar-refractivity contribution in [2.75, 3.05) is 6.54 Å². The summed E-state index contributed by atoms with van der Waals surface area (Å²) in [5, 5.41) is 3.48. The highest BCUT2D eigenvalue weighted by Gasteiger charge is 2.18. The van der Waals surface area contributed by atoms with Crippen molar-refractivity contribution in [3.05, 3.63) is 35.9 Å². The Labute approximate surface area is 80.2 Å². The molecule has 1 N–H and O–H groups in total. The molecule has 0 aliphatic carbocycles. The molecule has 0 amide bonds. The van der Waals surface area contributed by atoms with E-state index in [9.17, 15) is 0 Å². The summed E-state index contributed by atoms with van der Waals surface area (Å²) in [6.07, 6.45) is 2.57. The molecule has 1 saturated heterocycles. The van der Waals surface area contributed by atoms with Crippen LogP contribution >= 0.6 is 0 Å². The zero-order valence-electron chi connectivity index (χ0n) is 8.16. The van der Waals surface area contributed by atoms with Crippen molar-refractivity contribution in [3.63, 3.8) is 0 Å². The lowest BCUT2D eigenvalue weighted by Gasteiger charge is -2.28. The van der Waals surface area contributed by atoms with Crippen LogP contribution in [0.1, 0.15) is 31.2 Å². The molecule has 1 heteroatoms. The van der Waals surface area contributed by atoms with Gasteiger partial charge in [-0.3, -0.25) is 0 Å². The molecule has 1 aliphatic heterocycles. The van der Waals surface area contributed by atoms with Crippen LogP contribution in [0.25, 0.3) is 0 Å². The average molecular weight is 175 g/mol. The standard InChI is InChI=1S/C12H17N/c1-10-9-12(7-8-13-10)11-5-3-2-4-6-11/h2-6,10,12-13H,7-9H2,1H3/t10-,12+/m1/s1. The van der Waals surface area contributed by atoms with Crippen LogP contribution in [0, 0.1) is 0 Å². The Morgan fingerprint density at radius 1 is 1.23 bits per heavy atom. The van der Waals surface area contributed by atoms with Gasteiger partial charge < -0.3 is 5.32 Å². The molecule has 0 radical (unpaired) electrons. The Balaban J connectivity index is 2.08. The van der Waals surface area contributed by atoms with E-state index < -0.39 is 0 Å². The lowest BCUT2D eigenvalue weighted by molar-refractivity contribution is 0.381. The van der Waals surface area contributed by atoms with Gasteiger partial charge in [-0.05, 0) is 37.8 Å². The topological polar surface area (TPSA) is 12.0 Å². The third-order valence-corrected chi connectivity index (χ3v) is 2.89. The van der Waals surface area contributed by atoms with Crippen LogP contribution < -0.4 is 5.32 Å². The average Bonchev–Trinajstić information content (AvgIpc) is 2.19. The van der Waals surface area contributed by atoms with Crippen molar-refractivity contribution >= 4 is 0 Å². The molecule has 0 aromatic heterocycles. The predicted molar refractivity (Wildman–Crippen MR) is 55.9 cm³/mol. The molecule has 2 atom stereocenters. The number of nitrogens with one attached hydrogen (secondary N) is 1. The minimum Gasteiger partial charge on any atom is -0.314 e. The van der Waals surface area contributed by atoms with Gasteiger partial charge in [0.05, 0.1) is 0 Å². The van der Waals surface area contributed by atoms with Gasteiger partial charge in [0.1, 0.15) is 0 Å². The molecular formula is C12H17N. The zero-order valence-corrected chi connectivity index (χ0v) is 8.16. The first-order valence-electron chi connectivity index (χ1n) is 5.14. The second kappa shape index (κ2) is 3.93. The van der Waals surface area contributed by atoms with Crippen LogP contribution in [0.5, 0.6) is 0 Å². The molecule has 70 valence electrons. The van der Waals surface area contributed by atoms with Gasteiger partial charge in [-0.2, -0.15) is 0 Å². The van der Waals surface area contributed by atoms with E-state index in [1.54, 1.807) is 0 Å². The molecule has 0 spiro atoms. The first kappa shape index (κ1) is 8.76. The summed E-state index contributed by atoms with van der Waals surface area (Å²) in [5.41, 5.74) is 1.51. The minimum atomic E-state index is 0.680. The van der Waals surface area contributed by atoms with E-state index in [2.05, 4.69) is 42.6 Å². The molecule has 2 rings (SSSR count). The molecule has 1 aromatic rings. The number of benzene rings is 1. The summed E-state index contributed by atoms with van der Waals surface area (Å²) in [7, 11) is 0. The van der Waals surface area contributed by atoms with Crippen molar-refractivity contribution in [2.24, 2.45) is 0 Å². The maximum Gasteiger partial charge on any atom is 0.00445 e. The third-order valence-electron chi connectivity index (χ3n) is 2.89. The van der Waals surface area contributed by atoms with E-state index in [0.717, 1.165) is 5.92 Å². The Kier molecular flexibility index (Phi) is 2.65. The van der Waals surface area contributed by atoms with E-state index in [4.69, 9.17) is 0 Å². The van der Waals surface area contributed by atoms with Gasteiger partial charge in [-0.1, -0.05) is 30.3 Å². The lowest BCUT2D eigenvalue weighted by atomic mass is 9.87. The molecule has 13 heavy (non-hydrogen) atoms. The summed E-state index contributed by atoms with van der Waals surface area (Å²) >= 11 is 0. The molecular weight excluding hydrogens is 158 g/mol. The van der Waals surface area contributed by atoms with Gasteiger partial charge >= 0.3 is 0 Å². The monoisotopic (exact) mass is 175 g/mol. The first-order chi connectivity index (χ1) is 6.36. The maximum absolute atomic E-state index is 3.48. The first-order valence-corrected chi connectivity index (χ1v) is 5.14. The predicted octanol–water partition coefficient (Wildman–Crippen LogP) is 2.54. The molecule has 1 nitrogen and oxygen atoms in total. The van der Waals surface area contributed by atoms with E-state index in [0.29, 0.717) is 6.04 Å². The second-order valence-electron chi connectivity index (χ2n) is 3.99. The van der Waals surface area contributed by atoms with Crippen molar-refractivity contribution in [1.29, 1.82) is 0 Å². The van der Waals surface area contributed by atoms with Crippen LogP contribution in [0.15, 0.2) is 30.3 Å². The highest BCUT2D eigenvalue weighted by Crippen LogP contribution is 2.26. The summed E-state index contributed by atoms with van der Waals surface area (Å²) in [6, 6.07) is 11.6. The van der Waals surface area contributed by atoms with E-state index in [1.807, 2.05) is 0 Å². The van der Waals surface area contributed by atoms with Crippen LogP contribution in [-0.4, -0.2) is 12.6 Å². The molecule has 1 aliphatic rings. The Bertz CT molecular complexity index is 255. The largest absolute Gasteiger partial charge is 0.314 e. The van der Waals surface area contributed by atoms with Gasteiger partial charge in [0.2, 0.25) is 0 Å². The molecule has 0 unspecified atom stereocenters. The highest BCUT2D eigenvalue weighted by atomic mass is 14.9. The Hall–Kier alpha value is -0.820. The van der Waals surface area contributed by atoms with Crippen LogP contribution in [0.4, 0.5) is 0 Å². The summed E-state index contributed by atoms with van der Waals surface area (Å²) in [4.78, 5) is 0. The van der Waals surface area contributed by atoms with Crippen molar-refractivity contribution in [2.45, 2.75) is 31.7 Å². The van der Waals surface area contributed by atoms with Gasteiger partial charge in [0, 0.05) is 6.04 Å². The van der Waals surface area contributed by atoms with Crippen molar-refractivity contribution < 1.29 is 0 Å². The van der Waals surface area contributed by atoms with Crippen molar-refractivity contribution in [1.82, 2.24) is 5.32 Å². The zero-order chi connectivity index (χ0) is 9.10. The normalized spacial score (nSPS) is 28.7. The molecule has 1 heterocycles. The number of hydrogen-bond donors (Lipinski definition) is 1. The smallest absolute Gasteiger partial charge is 0.00445 e. The molecule has 0 saturated carbocycles. The lowest BCUT2D eigenvalue weighted by Crippen LogP contribution is -2.34. The number of piperidine rings is 1. The van der Waals surface area contributed by atoms with Crippen LogP contribution in [0.2, 0.25) is 0 Å². The number of rotatable bonds is 1. The summed E-state index contributed by atoms with van der Waals surface area (Å²) < 4.78 is 0. The fraction of sp³-hybridized carbons (Fsp3) is 0.500. The fourth-order valence-electron chi connectivity index (χ4n) is 2.16. The Morgan fingerprint density at radius 2 is 2.00 bits per heavy atom. The van der Waals surface area contributed by atoms with Crippen LogP contribution in [-0.2, 0) is 0 Å². The van der Waals surface area contributed by atoms with Gasteiger partial charge in [0.25, 0.3) is 0 Å². The minimum absolute atomic E-state index is 0.680. The second-order valence-corrected chi connectivity index (χ2v) is 3.99. The molecule has 1 aromatic carbocycles. The SMILES string of the molecule is C[C@@H]1C[C@@H](c2ccccc2)CCN1. The maximum atomic E-state index is 3.48. The van der Waals surface area contributed by atoms with Gasteiger partial charge in [-0.25, -0.2) is 0 Å². The highest BCUT2D eigenvalue weighted by molar-refractivity contribution is 5.20. The summed E-state index contributed by atoms with van der Waals surface area (Å²) in [6.45, 7) is 3.44. The number of hydrogen-bond acceptors (Lipinski definition) is 1. The van der Waals surface area contributed by atoms with E-state index in [-0.39, 0.29) is 0 Å². The van der Waals surface area contributed by atoms with E-state index in [1.165, 1.54) is 24.9 Å². The van der Waals surface area contributed by atoms with E-state index >= 15 is 0 Å². The molecule has 1 fully saturated rings. The van der Waals surface area contributed by atoms with Gasteiger partial charge in [0.15, 0.2) is 0 Å². The third kappa shape index (κ3) is 2.10. The van der Waals surface area contributed by atoms with Crippen molar-refractivity contribution in [3.8, 4) is 0 Å². The van der Waals surface area contributed by atoms with Crippen LogP contribution in [0.3, 0.4) is 0 Å². The Morgan fingerprint density at radius 3 is 2.69 bits per heavy atom. The summed E-state index contributed by atoms with van der Waals surface area (Å²) in [5.74, 6) is 0.775.